The van der Waals surface area contributed by atoms with E-state index in [4.69, 9.17) is 4.74 Å². The summed E-state index contributed by atoms with van der Waals surface area (Å²) in [6, 6.07) is 13.1. The van der Waals surface area contributed by atoms with E-state index in [0.717, 1.165) is 23.4 Å². The Hall–Kier alpha value is -2.93. The topological polar surface area (TPSA) is 63.2 Å². The van der Waals surface area contributed by atoms with Crippen LogP contribution in [0.2, 0.25) is 0 Å². The van der Waals surface area contributed by atoms with Crippen LogP contribution >= 0.6 is 11.3 Å². The van der Waals surface area contributed by atoms with Gasteiger partial charge >= 0.3 is 6.03 Å². The number of carbonyl (C=O) groups is 1. The van der Waals surface area contributed by atoms with Crippen LogP contribution in [0.4, 0.5) is 20.0 Å². The van der Waals surface area contributed by atoms with Gasteiger partial charge in [0.25, 0.3) is 0 Å². The maximum Gasteiger partial charge on any atom is 0.325 e. The normalized spacial score (nSPS) is 10.4. The van der Waals surface area contributed by atoms with Crippen LogP contribution in [0.15, 0.2) is 53.9 Å². The Balaban J connectivity index is 1.62. The summed E-state index contributed by atoms with van der Waals surface area (Å²) in [6.07, 6.45) is 0.956. The summed E-state index contributed by atoms with van der Waals surface area (Å²) >= 11 is 1.30. The van der Waals surface area contributed by atoms with Gasteiger partial charge in [0.15, 0.2) is 5.13 Å². The summed E-state index contributed by atoms with van der Waals surface area (Å²) in [4.78, 5) is 16.4. The Morgan fingerprint density at radius 2 is 1.92 bits per heavy atom. The van der Waals surface area contributed by atoms with Gasteiger partial charge in [-0.1, -0.05) is 19.1 Å². The van der Waals surface area contributed by atoms with E-state index >= 15 is 0 Å². The third kappa shape index (κ3) is 4.58. The van der Waals surface area contributed by atoms with E-state index in [2.05, 4.69) is 22.5 Å². The highest BCUT2D eigenvalue weighted by Crippen LogP contribution is 2.26. The molecule has 3 rings (SSSR count). The van der Waals surface area contributed by atoms with E-state index < -0.39 is 11.8 Å². The summed E-state index contributed by atoms with van der Waals surface area (Å²) in [5, 5.41) is 7.35. The van der Waals surface area contributed by atoms with Crippen molar-refractivity contribution in [1.82, 2.24) is 4.98 Å². The van der Waals surface area contributed by atoms with Gasteiger partial charge in [-0.05, 0) is 42.8 Å². The fourth-order valence-electron chi connectivity index (χ4n) is 2.22. The van der Waals surface area contributed by atoms with Gasteiger partial charge < -0.3 is 10.1 Å². The van der Waals surface area contributed by atoms with E-state index in [9.17, 15) is 9.18 Å². The van der Waals surface area contributed by atoms with Crippen molar-refractivity contribution in [2.75, 3.05) is 17.2 Å². The van der Waals surface area contributed by atoms with E-state index in [1.54, 1.807) is 12.1 Å². The van der Waals surface area contributed by atoms with Crippen LogP contribution in [0, 0.1) is 5.82 Å². The Kier molecular flexibility index (Phi) is 5.80. The molecular weight excluding hydrogens is 353 g/mol. The average molecular weight is 371 g/mol. The van der Waals surface area contributed by atoms with E-state index in [1.165, 1.54) is 23.5 Å². The molecule has 1 aromatic heterocycles. The van der Waals surface area contributed by atoms with Gasteiger partial charge in [0.2, 0.25) is 0 Å². The molecule has 1 heterocycles. The zero-order valence-electron chi connectivity index (χ0n) is 14.2. The third-order valence-corrected chi connectivity index (χ3v) is 4.23. The van der Waals surface area contributed by atoms with Gasteiger partial charge in [-0.3, -0.25) is 5.32 Å². The maximum absolute atomic E-state index is 13.6. The molecule has 0 unspecified atom stereocenters. The van der Waals surface area contributed by atoms with Crippen molar-refractivity contribution in [2.24, 2.45) is 0 Å². The Labute approximate surface area is 154 Å². The Bertz CT molecular complexity index is 881. The molecule has 3 aromatic rings. The highest BCUT2D eigenvalue weighted by Gasteiger charge is 2.10. The number of hydrogen-bond acceptors (Lipinski definition) is 4. The zero-order valence-corrected chi connectivity index (χ0v) is 15.0. The molecule has 0 aliphatic heterocycles. The number of rotatable bonds is 6. The number of thiazole rings is 1. The molecule has 2 amide bonds. The summed E-state index contributed by atoms with van der Waals surface area (Å²) < 4.78 is 19.1. The molecule has 0 aliphatic carbocycles. The van der Waals surface area contributed by atoms with Gasteiger partial charge in [-0.25, -0.2) is 14.2 Å². The molecule has 134 valence electrons. The van der Waals surface area contributed by atoms with Crippen molar-refractivity contribution in [3.63, 3.8) is 0 Å². The monoisotopic (exact) mass is 371 g/mol. The lowest BCUT2D eigenvalue weighted by Gasteiger charge is -2.06. The number of nitrogens with zero attached hydrogens (tertiary/aromatic N) is 1. The first kappa shape index (κ1) is 17.9. The smallest absolute Gasteiger partial charge is 0.325 e. The van der Waals surface area contributed by atoms with Crippen LogP contribution in [0.5, 0.6) is 5.75 Å². The summed E-state index contributed by atoms with van der Waals surface area (Å²) in [6.45, 7) is 2.74. The second-order valence-corrected chi connectivity index (χ2v) is 6.33. The zero-order chi connectivity index (χ0) is 18.4. The predicted molar refractivity (Wildman–Crippen MR) is 102 cm³/mol. The second-order valence-electron chi connectivity index (χ2n) is 5.47. The first-order valence-electron chi connectivity index (χ1n) is 8.17. The number of halogens is 1. The van der Waals surface area contributed by atoms with Crippen molar-refractivity contribution in [1.29, 1.82) is 0 Å². The van der Waals surface area contributed by atoms with Crippen LogP contribution in [0.1, 0.15) is 13.3 Å². The van der Waals surface area contributed by atoms with Crippen molar-refractivity contribution >= 4 is 28.2 Å². The fraction of sp³-hybridized carbons (Fsp3) is 0.158. The molecule has 2 aromatic carbocycles. The standard InChI is InChI=1S/C19H18FN3O2S/c1-2-11-25-14-9-7-13(8-10-14)17-12-26-19(22-17)23-18(24)21-16-6-4-3-5-15(16)20/h3-10,12H,2,11H2,1H3,(H2,21,22,23,24). The number of amides is 2. The molecule has 0 radical (unpaired) electrons. The number of para-hydroxylation sites is 1. The molecule has 0 saturated heterocycles. The van der Waals surface area contributed by atoms with Crippen LogP contribution in [-0.2, 0) is 0 Å². The van der Waals surface area contributed by atoms with Crippen molar-refractivity contribution in [3.05, 3.63) is 59.7 Å². The number of hydrogen-bond donors (Lipinski definition) is 2. The van der Waals surface area contributed by atoms with E-state index in [0.29, 0.717) is 11.7 Å². The van der Waals surface area contributed by atoms with Gasteiger partial charge in [0, 0.05) is 10.9 Å². The number of urea groups is 1. The van der Waals surface area contributed by atoms with Crippen LogP contribution < -0.4 is 15.4 Å². The minimum atomic E-state index is -0.542. The minimum Gasteiger partial charge on any atom is -0.494 e. The van der Waals surface area contributed by atoms with Crippen molar-refractivity contribution < 1.29 is 13.9 Å². The first-order chi connectivity index (χ1) is 12.7. The quantitative estimate of drug-likeness (QED) is 0.611. The highest BCUT2D eigenvalue weighted by molar-refractivity contribution is 7.14. The SMILES string of the molecule is CCCOc1ccc(-c2csc(NC(=O)Nc3ccccc3F)n2)cc1. The molecule has 0 atom stereocenters. The third-order valence-electron chi connectivity index (χ3n) is 3.47. The molecule has 0 aliphatic rings. The molecule has 5 nitrogen and oxygen atoms in total. The van der Waals surface area contributed by atoms with Gasteiger partial charge in [-0.2, -0.15) is 0 Å². The predicted octanol–water partition coefficient (Wildman–Crippen LogP) is 5.38. The summed E-state index contributed by atoms with van der Waals surface area (Å²) in [5.74, 6) is 0.321. The maximum atomic E-state index is 13.6. The highest BCUT2D eigenvalue weighted by atomic mass is 32.1. The number of nitrogens with one attached hydrogen (secondary N) is 2. The summed E-state index contributed by atoms with van der Waals surface area (Å²) in [5.41, 5.74) is 1.79. The lowest BCUT2D eigenvalue weighted by atomic mass is 10.2. The van der Waals surface area contributed by atoms with Crippen molar-refractivity contribution in [2.45, 2.75) is 13.3 Å². The van der Waals surface area contributed by atoms with E-state index in [1.807, 2.05) is 29.6 Å². The molecule has 7 heteroatoms. The second kappa shape index (κ2) is 8.44. The molecule has 0 saturated carbocycles. The minimum absolute atomic E-state index is 0.115. The van der Waals surface area contributed by atoms with Gasteiger partial charge in [0.1, 0.15) is 11.6 Å². The number of aromatic nitrogens is 1. The Morgan fingerprint density at radius 3 is 2.65 bits per heavy atom. The fourth-order valence-corrected chi connectivity index (χ4v) is 2.93. The van der Waals surface area contributed by atoms with Gasteiger partial charge in [-0.15, -0.1) is 11.3 Å². The summed E-state index contributed by atoms with van der Waals surface area (Å²) in [7, 11) is 0. The number of carbonyl (C=O) groups excluding carboxylic acids is 1. The van der Waals surface area contributed by atoms with Crippen LogP contribution in [0.25, 0.3) is 11.3 Å². The van der Waals surface area contributed by atoms with Crippen molar-refractivity contribution in [3.8, 4) is 17.0 Å². The average Bonchev–Trinajstić information content (AvgIpc) is 3.10. The van der Waals surface area contributed by atoms with E-state index in [-0.39, 0.29) is 5.69 Å². The number of ether oxygens (including phenoxy) is 1. The molecular formula is C19H18FN3O2S. The molecule has 0 fully saturated rings. The molecule has 26 heavy (non-hydrogen) atoms. The largest absolute Gasteiger partial charge is 0.494 e. The Morgan fingerprint density at radius 1 is 1.15 bits per heavy atom. The molecule has 0 spiro atoms. The van der Waals surface area contributed by atoms with Crippen LogP contribution in [-0.4, -0.2) is 17.6 Å². The van der Waals surface area contributed by atoms with Gasteiger partial charge in [0.05, 0.1) is 18.0 Å². The van der Waals surface area contributed by atoms with Crippen LogP contribution in [0.3, 0.4) is 0 Å². The number of benzene rings is 2. The first-order valence-corrected chi connectivity index (χ1v) is 9.05. The molecule has 2 N–H and O–H groups in total. The lowest BCUT2D eigenvalue weighted by Crippen LogP contribution is -2.19. The molecule has 0 bridgehead atoms. The number of anilines is 2. The lowest BCUT2D eigenvalue weighted by molar-refractivity contribution is 0.262.